The molecule has 1 heteroatoms. The summed E-state index contributed by atoms with van der Waals surface area (Å²) >= 11 is 0. The molecule has 2 aromatic rings. The van der Waals surface area contributed by atoms with E-state index in [-0.39, 0.29) is 10.8 Å². The average molecular weight is 351 g/mol. The molecule has 1 N–H and O–H groups in total. The molecule has 0 unspecified atom stereocenters. The summed E-state index contributed by atoms with van der Waals surface area (Å²) in [5.41, 5.74) is 8.38. The van der Waals surface area contributed by atoms with Crippen molar-refractivity contribution in [3.8, 4) is 5.75 Å². The van der Waals surface area contributed by atoms with E-state index in [2.05, 4.69) is 79.3 Å². The molecule has 26 heavy (non-hydrogen) atoms. The molecule has 2 rings (SSSR count). The predicted octanol–water partition coefficient (Wildman–Crippen LogP) is 6.84. The molecule has 0 saturated heterocycles. The number of phenols is 1. The van der Waals surface area contributed by atoms with Crippen molar-refractivity contribution in [3.05, 3.63) is 69.8 Å². The van der Waals surface area contributed by atoms with Gasteiger partial charge in [0, 0.05) is 0 Å². The Morgan fingerprint density at radius 2 is 1.27 bits per heavy atom. The molecule has 0 radical (unpaired) electrons. The van der Waals surface area contributed by atoms with Crippen LogP contribution in [0.3, 0.4) is 0 Å². The average Bonchev–Trinajstić information content (AvgIpc) is 2.48. The summed E-state index contributed by atoms with van der Waals surface area (Å²) < 4.78 is 0. The van der Waals surface area contributed by atoms with Gasteiger partial charge in [-0.1, -0.05) is 78.5 Å². The highest BCUT2D eigenvalue weighted by molar-refractivity contribution is 5.60. The van der Waals surface area contributed by atoms with E-state index in [4.69, 9.17) is 0 Å². The molecular formula is C25H34O. The van der Waals surface area contributed by atoms with Gasteiger partial charge in [0.15, 0.2) is 0 Å². The highest BCUT2D eigenvalue weighted by Gasteiger charge is 2.21. The van der Waals surface area contributed by atoms with Crippen LogP contribution in [0.4, 0.5) is 0 Å². The fraction of sp³-hybridized carbons (Fsp3) is 0.440. The first-order valence-electron chi connectivity index (χ1n) is 9.44. The van der Waals surface area contributed by atoms with Gasteiger partial charge in [0.25, 0.3) is 0 Å². The molecule has 0 aromatic heterocycles. The Bertz CT molecular complexity index is 827. The minimum atomic E-state index is -0.0793. The van der Waals surface area contributed by atoms with Crippen LogP contribution in [-0.2, 0) is 17.3 Å². The minimum Gasteiger partial charge on any atom is -0.507 e. The van der Waals surface area contributed by atoms with Crippen LogP contribution in [-0.4, -0.2) is 5.11 Å². The number of aromatic hydroxyl groups is 1. The van der Waals surface area contributed by atoms with Crippen LogP contribution in [0.2, 0.25) is 0 Å². The second-order valence-corrected chi connectivity index (χ2v) is 9.56. The van der Waals surface area contributed by atoms with Gasteiger partial charge in [0.1, 0.15) is 5.75 Å². The topological polar surface area (TPSA) is 20.2 Å². The molecular weight excluding hydrogens is 316 g/mol. The maximum atomic E-state index is 10.5. The molecule has 0 aliphatic rings. The van der Waals surface area contributed by atoms with Crippen molar-refractivity contribution in [1.29, 1.82) is 0 Å². The Morgan fingerprint density at radius 1 is 0.808 bits per heavy atom. The number of rotatable bonds is 3. The highest BCUT2D eigenvalue weighted by Crippen LogP contribution is 2.35. The molecule has 0 bridgehead atoms. The zero-order valence-electron chi connectivity index (χ0n) is 17.7. The van der Waals surface area contributed by atoms with E-state index in [1.807, 2.05) is 13.0 Å². The summed E-state index contributed by atoms with van der Waals surface area (Å²) in [5.74, 6) is 0.426. The second kappa shape index (κ2) is 6.95. The molecule has 0 amide bonds. The van der Waals surface area contributed by atoms with Crippen LogP contribution in [0.5, 0.6) is 5.75 Å². The third-order valence-corrected chi connectivity index (χ3v) is 5.04. The van der Waals surface area contributed by atoms with Crippen LogP contribution in [0.15, 0.2) is 30.8 Å². The van der Waals surface area contributed by atoms with Gasteiger partial charge < -0.3 is 5.11 Å². The molecule has 0 saturated carbocycles. The van der Waals surface area contributed by atoms with Crippen LogP contribution in [0, 0.1) is 13.8 Å². The van der Waals surface area contributed by atoms with Crippen molar-refractivity contribution in [3.63, 3.8) is 0 Å². The van der Waals surface area contributed by atoms with Crippen LogP contribution < -0.4 is 0 Å². The van der Waals surface area contributed by atoms with E-state index in [1.165, 1.54) is 27.8 Å². The lowest BCUT2D eigenvalue weighted by atomic mass is 9.80. The number of hydrogen-bond donors (Lipinski definition) is 1. The van der Waals surface area contributed by atoms with E-state index in [0.717, 1.165) is 17.5 Å². The predicted molar refractivity (Wildman–Crippen MR) is 114 cm³/mol. The molecule has 1 nitrogen and oxygen atoms in total. The summed E-state index contributed by atoms with van der Waals surface area (Å²) in [6, 6.07) is 8.86. The first-order chi connectivity index (χ1) is 11.8. The molecule has 0 aliphatic heterocycles. The van der Waals surface area contributed by atoms with Crippen molar-refractivity contribution in [2.75, 3.05) is 0 Å². The van der Waals surface area contributed by atoms with Gasteiger partial charge in [-0.15, -0.1) is 0 Å². The minimum absolute atomic E-state index is 0.0751. The van der Waals surface area contributed by atoms with Gasteiger partial charge in [0.05, 0.1) is 0 Å². The smallest absolute Gasteiger partial charge is 0.122 e. The third kappa shape index (κ3) is 4.20. The Kier molecular flexibility index (Phi) is 5.42. The zero-order chi connectivity index (χ0) is 19.9. The van der Waals surface area contributed by atoms with E-state index in [1.54, 1.807) is 0 Å². The highest BCUT2D eigenvalue weighted by atomic mass is 16.3. The van der Waals surface area contributed by atoms with Crippen molar-refractivity contribution >= 4 is 6.08 Å². The van der Waals surface area contributed by atoms with Gasteiger partial charge >= 0.3 is 0 Å². The van der Waals surface area contributed by atoms with Crippen molar-refractivity contribution in [2.45, 2.75) is 72.6 Å². The molecule has 0 spiro atoms. The number of aryl methyl sites for hydroxylation is 2. The lowest BCUT2D eigenvalue weighted by Gasteiger charge is -2.25. The first kappa shape index (κ1) is 20.3. The molecule has 140 valence electrons. The quantitative estimate of drug-likeness (QED) is 0.642. The van der Waals surface area contributed by atoms with Gasteiger partial charge in [-0.2, -0.15) is 0 Å². The second-order valence-electron chi connectivity index (χ2n) is 9.56. The maximum absolute atomic E-state index is 10.5. The molecule has 0 heterocycles. The summed E-state index contributed by atoms with van der Waals surface area (Å²) in [4.78, 5) is 0. The van der Waals surface area contributed by atoms with E-state index >= 15 is 0 Å². The van der Waals surface area contributed by atoms with Crippen molar-refractivity contribution < 1.29 is 5.11 Å². The van der Waals surface area contributed by atoms with Gasteiger partial charge in [0.2, 0.25) is 0 Å². The standard InChI is InChI=1S/C25H34O/c1-10-20-16(2)11-18(14-21(20)24(4,5)6)13-19-12-17(3)23(26)22(15-19)25(7,8)9/h10-12,14-15,26H,1,13H2,2-9H3. The fourth-order valence-corrected chi connectivity index (χ4v) is 3.63. The summed E-state index contributed by atoms with van der Waals surface area (Å²) in [6.45, 7) is 21.4. The fourth-order valence-electron chi connectivity index (χ4n) is 3.63. The lowest BCUT2D eigenvalue weighted by Crippen LogP contribution is -2.15. The number of phenolic OH excluding ortho intramolecular Hbond substituents is 1. The molecule has 0 atom stereocenters. The normalized spacial score (nSPS) is 12.3. The summed E-state index contributed by atoms with van der Waals surface area (Å²) in [5, 5.41) is 10.5. The Labute approximate surface area is 159 Å². The van der Waals surface area contributed by atoms with E-state index in [9.17, 15) is 5.11 Å². The van der Waals surface area contributed by atoms with E-state index < -0.39 is 0 Å². The van der Waals surface area contributed by atoms with Gasteiger partial charge in [-0.05, 0) is 70.0 Å². The Morgan fingerprint density at radius 3 is 1.73 bits per heavy atom. The maximum Gasteiger partial charge on any atom is 0.122 e. The molecule has 2 aromatic carbocycles. The molecule has 0 aliphatic carbocycles. The van der Waals surface area contributed by atoms with Gasteiger partial charge in [-0.3, -0.25) is 0 Å². The number of benzene rings is 2. The largest absolute Gasteiger partial charge is 0.507 e. The van der Waals surface area contributed by atoms with Crippen LogP contribution >= 0.6 is 0 Å². The van der Waals surface area contributed by atoms with Crippen molar-refractivity contribution in [1.82, 2.24) is 0 Å². The van der Waals surface area contributed by atoms with Crippen molar-refractivity contribution in [2.24, 2.45) is 0 Å². The van der Waals surface area contributed by atoms with Gasteiger partial charge in [-0.25, -0.2) is 0 Å². The zero-order valence-corrected chi connectivity index (χ0v) is 17.7. The Hall–Kier alpha value is -2.02. The number of hydrogen-bond acceptors (Lipinski definition) is 1. The van der Waals surface area contributed by atoms with Crippen LogP contribution in [0.1, 0.15) is 80.5 Å². The monoisotopic (exact) mass is 350 g/mol. The third-order valence-electron chi connectivity index (χ3n) is 5.04. The Balaban J connectivity index is 2.55. The summed E-state index contributed by atoms with van der Waals surface area (Å²) in [6.07, 6.45) is 2.84. The SMILES string of the molecule is C=Cc1c(C)cc(Cc2cc(C)c(O)c(C(C)(C)C)c2)cc1C(C)(C)C. The first-order valence-corrected chi connectivity index (χ1v) is 9.44. The lowest BCUT2D eigenvalue weighted by molar-refractivity contribution is 0.442. The molecule has 0 fully saturated rings. The van der Waals surface area contributed by atoms with E-state index in [0.29, 0.717) is 5.75 Å². The summed E-state index contributed by atoms with van der Waals surface area (Å²) in [7, 11) is 0. The van der Waals surface area contributed by atoms with Crippen LogP contribution in [0.25, 0.3) is 6.08 Å².